The highest BCUT2D eigenvalue weighted by atomic mass is 35.5. The normalized spacial score (nSPS) is 11.7. The maximum absolute atomic E-state index is 13.6. The molecule has 0 aliphatic heterocycles. The minimum absolute atomic E-state index is 0.0484. The van der Waals surface area contributed by atoms with Gasteiger partial charge in [-0.15, -0.1) is 0 Å². The molecule has 0 saturated heterocycles. The molecule has 116 valence electrons. The predicted octanol–water partition coefficient (Wildman–Crippen LogP) is 5.48. The maximum Gasteiger partial charge on any atom is 0.125 e. The van der Waals surface area contributed by atoms with E-state index in [1.165, 1.54) is 18.2 Å². The molecule has 0 bridgehead atoms. The van der Waals surface area contributed by atoms with Gasteiger partial charge in [0.05, 0.1) is 10.7 Å². The molecule has 0 spiro atoms. The van der Waals surface area contributed by atoms with Crippen LogP contribution in [0.15, 0.2) is 41.4 Å². The smallest absolute Gasteiger partial charge is 0.125 e. The monoisotopic (exact) mass is 339 g/mol. The molecule has 0 radical (unpaired) electrons. The maximum atomic E-state index is 13.6. The molecule has 0 unspecified atom stereocenters. The molecule has 0 atom stereocenters. The number of nitrogens with zero attached hydrogens (tertiary/aromatic N) is 1. The van der Waals surface area contributed by atoms with Crippen LogP contribution in [0.4, 0.5) is 4.39 Å². The molecule has 0 saturated carbocycles. The van der Waals surface area contributed by atoms with Crippen LogP contribution < -0.4 is 0 Å². The second kappa shape index (κ2) is 7.61. The summed E-state index contributed by atoms with van der Waals surface area (Å²) in [6.07, 6.45) is 1.87. The number of phenols is 1. The summed E-state index contributed by atoms with van der Waals surface area (Å²) < 4.78 is 13.6. The first-order valence-electron chi connectivity index (χ1n) is 7.01. The van der Waals surface area contributed by atoms with Gasteiger partial charge in [-0.05, 0) is 42.8 Å². The van der Waals surface area contributed by atoms with E-state index in [0.717, 1.165) is 12.8 Å². The van der Waals surface area contributed by atoms with Crippen molar-refractivity contribution in [2.24, 2.45) is 4.99 Å². The van der Waals surface area contributed by atoms with Crippen LogP contribution in [0.1, 0.15) is 30.9 Å². The molecule has 5 heteroatoms. The number of phenolic OH excluding ortho intramolecular Hbond substituents is 1. The third-order valence-corrected chi connectivity index (χ3v) is 3.74. The predicted molar refractivity (Wildman–Crippen MR) is 89.9 cm³/mol. The van der Waals surface area contributed by atoms with Crippen LogP contribution in [0.3, 0.4) is 0 Å². The van der Waals surface area contributed by atoms with E-state index in [9.17, 15) is 9.50 Å². The number of benzene rings is 2. The van der Waals surface area contributed by atoms with Gasteiger partial charge in [-0.25, -0.2) is 4.39 Å². The third kappa shape index (κ3) is 3.99. The molecule has 2 rings (SSSR count). The number of unbranched alkanes of at least 4 members (excludes halogenated alkanes) is 1. The van der Waals surface area contributed by atoms with Crippen molar-refractivity contribution >= 4 is 28.9 Å². The van der Waals surface area contributed by atoms with E-state index < -0.39 is 5.82 Å². The zero-order valence-electron chi connectivity index (χ0n) is 12.1. The number of aromatic hydroxyl groups is 1. The number of rotatable bonds is 5. The first-order valence-corrected chi connectivity index (χ1v) is 7.77. The topological polar surface area (TPSA) is 32.6 Å². The number of hydrogen-bond acceptors (Lipinski definition) is 2. The lowest BCUT2D eigenvalue weighted by Gasteiger charge is -2.12. The Labute approximate surface area is 139 Å². The summed E-state index contributed by atoms with van der Waals surface area (Å²) in [5.74, 6) is -0.498. The molecule has 2 nitrogen and oxygen atoms in total. The van der Waals surface area contributed by atoms with Gasteiger partial charge in [0.15, 0.2) is 0 Å². The summed E-state index contributed by atoms with van der Waals surface area (Å²) in [5.41, 5.74) is 1.32. The second-order valence-electron chi connectivity index (χ2n) is 4.87. The fourth-order valence-corrected chi connectivity index (χ4v) is 2.42. The third-order valence-electron chi connectivity index (χ3n) is 3.18. The Kier molecular flexibility index (Phi) is 5.81. The Morgan fingerprint density at radius 2 is 1.91 bits per heavy atom. The van der Waals surface area contributed by atoms with E-state index in [4.69, 9.17) is 23.2 Å². The molecular formula is C17H16Cl2FNO. The fourth-order valence-electron chi connectivity index (χ4n) is 2.04. The molecular weight excluding hydrogens is 324 g/mol. The molecule has 1 N–H and O–H groups in total. The molecule has 0 fully saturated rings. The summed E-state index contributed by atoms with van der Waals surface area (Å²) in [5, 5.41) is 11.0. The molecule has 22 heavy (non-hydrogen) atoms. The van der Waals surface area contributed by atoms with Crippen molar-refractivity contribution in [3.05, 3.63) is 63.4 Å². The number of aliphatic imine (C=N–C) groups is 1. The van der Waals surface area contributed by atoms with Crippen molar-refractivity contribution in [1.82, 2.24) is 0 Å². The van der Waals surface area contributed by atoms with Gasteiger partial charge in [0.1, 0.15) is 11.6 Å². The lowest BCUT2D eigenvalue weighted by atomic mass is 10.0. The number of halogens is 3. The highest BCUT2D eigenvalue weighted by Crippen LogP contribution is 2.28. The summed E-state index contributed by atoms with van der Waals surface area (Å²) in [7, 11) is 0. The minimum atomic E-state index is -0.450. The van der Waals surface area contributed by atoms with Gasteiger partial charge in [-0.1, -0.05) is 36.5 Å². The van der Waals surface area contributed by atoms with Gasteiger partial charge >= 0.3 is 0 Å². The van der Waals surface area contributed by atoms with Gasteiger partial charge < -0.3 is 5.11 Å². The molecule has 0 heterocycles. The average molecular weight is 340 g/mol. The van der Waals surface area contributed by atoms with E-state index in [2.05, 4.69) is 11.9 Å². The van der Waals surface area contributed by atoms with Crippen molar-refractivity contribution in [2.45, 2.75) is 19.8 Å². The summed E-state index contributed by atoms with van der Waals surface area (Å²) in [6.45, 7) is 2.62. The van der Waals surface area contributed by atoms with Crippen molar-refractivity contribution in [1.29, 1.82) is 0 Å². The van der Waals surface area contributed by atoms with Gasteiger partial charge in [-0.2, -0.15) is 0 Å². The van der Waals surface area contributed by atoms with E-state index in [-0.39, 0.29) is 5.75 Å². The van der Waals surface area contributed by atoms with Crippen LogP contribution in [-0.4, -0.2) is 17.4 Å². The van der Waals surface area contributed by atoms with E-state index >= 15 is 0 Å². The van der Waals surface area contributed by atoms with Crippen LogP contribution in [0.2, 0.25) is 10.0 Å². The van der Waals surface area contributed by atoms with Gasteiger partial charge in [0, 0.05) is 22.7 Å². The summed E-state index contributed by atoms with van der Waals surface area (Å²) in [4.78, 5) is 4.50. The molecule has 0 aromatic heterocycles. The first-order chi connectivity index (χ1) is 10.5. The average Bonchev–Trinajstić information content (AvgIpc) is 2.49. The van der Waals surface area contributed by atoms with E-state index in [1.807, 2.05) is 0 Å². The van der Waals surface area contributed by atoms with Crippen molar-refractivity contribution in [3.8, 4) is 5.75 Å². The largest absolute Gasteiger partial charge is 0.507 e. The minimum Gasteiger partial charge on any atom is -0.507 e. The number of hydrogen-bond donors (Lipinski definition) is 1. The second-order valence-corrected chi connectivity index (χ2v) is 5.71. The van der Waals surface area contributed by atoms with Crippen LogP contribution in [-0.2, 0) is 0 Å². The van der Waals surface area contributed by atoms with Crippen molar-refractivity contribution in [3.63, 3.8) is 0 Å². The highest BCUT2D eigenvalue weighted by Gasteiger charge is 2.16. The molecule has 0 aliphatic carbocycles. The Bertz CT molecular complexity index is 648. The quantitative estimate of drug-likeness (QED) is 0.568. The van der Waals surface area contributed by atoms with E-state index in [0.29, 0.717) is 33.4 Å². The van der Waals surface area contributed by atoms with E-state index in [1.54, 1.807) is 18.2 Å². The summed E-state index contributed by atoms with van der Waals surface area (Å²) >= 11 is 12.3. The molecule has 0 aliphatic rings. The standard InChI is InChI=1S/C17H16Cl2FNO/c1-2-3-8-21-17(13-9-11(18)4-6-15(13)19)14-10-12(20)5-7-16(14)22/h4-7,9-10,22H,2-3,8H2,1H3. The SMILES string of the molecule is CCCCN=C(c1cc(F)ccc1O)c1cc(Cl)ccc1Cl. The van der Waals surface area contributed by atoms with Crippen molar-refractivity contribution < 1.29 is 9.50 Å². The van der Waals surface area contributed by atoms with Gasteiger partial charge in [-0.3, -0.25) is 4.99 Å². The molecule has 0 amide bonds. The molecule has 2 aromatic rings. The Balaban J connectivity index is 2.58. The van der Waals surface area contributed by atoms with Gasteiger partial charge in [0.25, 0.3) is 0 Å². The zero-order valence-corrected chi connectivity index (χ0v) is 13.6. The summed E-state index contributed by atoms with van der Waals surface area (Å²) in [6, 6.07) is 8.74. The van der Waals surface area contributed by atoms with Crippen molar-refractivity contribution in [2.75, 3.05) is 6.54 Å². The first kappa shape index (κ1) is 16.8. The molecule has 2 aromatic carbocycles. The Morgan fingerprint density at radius 3 is 2.64 bits per heavy atom. The van der Waals surface area contributed by atoms with Crippen LogP contribution in [0.5, 0.6) is 5.75 Å². The lowest BCUT2D eigenvalue weighted by molar-refractivity contribution is 0.472. The Morgan fingerprint density at radius 1 is 1.14 bits per heavy atom. The van der Waals surface area contributed by atoms with Gasteiger partial charge in [0.2, 0.25) is 0 Å². The fraction of sp³-hybridized carbons (Fsp3) is 0.235. The lowest BCUT2D eigenvalue weighted by Crippen LogP contribution is -2.07. The van der Waals surface area contributed by atoms with Crippen LogP contribution in [0, 0.1) is 5.82 Å². The van der Waals surface area contributed by atoms with Crippen LogP contribution >= 0.6 is 23.2 Å². The highest BCUT2D eigenvalue weighted by molar-refractivity contribution is 6.37. The zero-order chi connectivity index (χ0) is 16.1. The van der Waals surface area contributed by atoms with Crippen LogP contribution in [0.25, 0.3) is 0 Å². The Hall–Kier alpha value is -1.58.